The molecule has 0 saturated heterocycles. The van der Waals surface area contributed by atoms with Gasteiger partial charge in [-0.1, -0.05) is 36.4 Å². The van der Waals surface area contributed by atoms with Gasteiger partial charge in [-0.25, -0.2) is 9.78 Å². The number of ether oxygens (including phenoxy) is 1. The number of nitrogens with one attached hydrogen (secondary N) is 2. The Bertz CT molecular complexity index is 1170. The minimum atomic E-state index is -0.596. The van der Waals surface area contributed by atoms with E-state index in [-0.39, 0.29) is 5.91 Å². The van der Waals surface area contributed by atoms with Gasteiger partial charge in [-0.3, -0.25) is 10.1 Å². The number of anilines is 2. The highest BCUT2D eigenvalue weighted by atomic mass is 16.6. The van der Waals surface area contributed by atoms with Crippen LogP contribution >= 0.6 is 0 Å². The standard InChI is InChI=1S/C27H30N4O3/c1-27(2,3)34-26(33)30-23-10-6-9-21(15-23)25(32)29-17-19-11-12-24(28-16-19)31-14-13-20-7-4-5-8-22(20)18-31/h4-12,15-16H,13-14,17-18H2,1-3H3,(H,29,32)(H,30,33). The predicted molar refractivity (Wildman–Crippen MR) is 133 cm³/mol. The summed E-state index contributed by atoms with van der Waals surface area (Å²) in [7, 11) is 0. The Labute approximate surface area is 200 Å². The van der Waals surface area contributed by atoms with Gasteiger partial charge in [0.1, 0.15) is 11.4 Å². The molecule has 0 atom stereocenters. The zero-order valence-corrected chi connectivity index (χ0v) is 19.8. The van der Waals surface area contributed by atoms with Crippen molar-refractivity contribution in [2.45, 2.75) is 45.9 Å². The summed E-state index contributed by atoms with van der Waals surface area (Å²) in [5.74, 6) is 0.704. The maximum Gasteiger partial charge on any atom is 0.412 e. The molecule has 0 spiro atoms. The third-order valence-corrected chi connectivity index (χ3v) is 5.49. The average molecular weight is 459 g/mol. The average Bonchev–Trinajstić information content (AvgIpc) is 2.81. The molecule has 34 heavy (non-hydrogen) atoms. The molecule has 0 bridgehead atoms. The van der Waals surface area contributed by atoms with Crippen molar-refractivity contribution in [1.29, 1.82) is 0 Å². The Morgan fingerprint density at radius 1 is 1.03 bits per heavy atom. The molecule has 1 aliphatic rings. The first-order valence-corrected chi connectivity index (χ1v) is 11.4. The van der Waals surface area contributed by atoms with E-state index in [4.69, 9.17) is 4.74 Å². The second-order valence-electron chi connectivity index (χ2n) is 9.36. The minimum absolute atomic E-state index is 0.232. The van der Waals surface area contributed by atoms with Crippen LogP contribution in [0.25, 0.3) is 0 Å². The summed E-state index contributed by atoms with van der Waals surface area (Å²) < 4.78 is 5.26. The third-order valence-electron chi connectivity index (χ3n) is 5.49. The van der Waals surface area contributed by atoms with E-state index in [1.54, 1.807) is 51.2 Å². The van der Waals surface area contributed by atoms with Crippen LogP contribution in [-0.2, 0) is 24.2 Å². The first kappa shape index (κ1) is 23.3. The van der Waals surface area contributed by atoms with Gasteiger partial charge in [0.25, 0.3) is 5.91 Å². The van der Waals surface area contributed by atoms with Crippen molar-refractivity contribution in [2.24, 2.45) is 0 Å². The number of carbonyl (C=O) groups excluding carboxylic acids is 2. The van der Waals surface area contributed by atoms with Crippen molar-refractivity contribution in [3.8, 4) is 0 Å². The first-order valence-electron chi connectivity index (χ1n) is 11.4. The minimum Gasteiger partial charge on any atom is -0.444 e. The molecule has 7 nitrogen and oxygen atoms in total. The number of benzene rings is 2. The SMILES string of the molecule is CC(C)(C)OC(=O)Nc1cccc(C(=O)NCc2ccc(N3CCc4ccccc4C3)nc2)c1. The van der Waals surface area contributed by atoms with Crippen molar-refractivity contribution in [3.05, 3.63) is 89.1 Å². The number of pyridine rings is 1. The van der Waals surface area contributed by atoms with E-state index in [0.29, 0.717) is 17.8 Å². The molecule has 0 saturated carbocycles. The number of aromatic nitrogens is 1. The van der Waals surface area contributed by atoms with Crippen LogP contribution < -0.4 is 15.5 Å². The Balaban J connectivity index is 1.32. The van der Waals surface area contributed by atoms with Crippen LogP contribution in [0, 0.1) is 0 Å². The monoisotopic (exact) mass is 458 g/mol. The van der Waals surface area contributed by atoms with Crippen LogP contribution in [0.5, 0.6) is 0 Å². The van der Waals surface area contributed by atoms with Crippen molar-refractivity contribution >= 4 is 23.5 Å². The Hall–Kier alpha value is -3.87. The summed E-state index contributed by atoms with van der Waals surface area (Å²) in [6.07, 6.45) is 2.25. The Morgan fingerprint density at radius 3 is 2.56 bits per heavy atom. The van der Waals surface area contributed by atoms with Gasteiger partial charge >= 0.3 is 6.09 Å². The van der Waals surface area contributed by atoms with Crippen molar-refractivity contribution in [1.82, 2.24) is 10.3 Å². The van der Waals surface area contributed by atoms with Crippen molar-refractivity contribution in [3.63, 3.8) is 0 Å². The molecule has 176 valence electrons. The topological polar surface area (TPSA) is 83.6 Å². The molecule has 3 aromatic rings. The fraction of sp³-hybridized carbons (Fsp3) is 0.296. The number of carbonyl (C=O) groups is 2. The van der Waals surface area contributed by atoms with Gasteiger partial charge in [0.15, 0.2) is 0 Å². The summed E-state index contributed by atoms with van der Waals surface area (Å²) in [4.78, 5) is 31.5. The van der Waals surface area contributed by atoms with E-state index < -0.39 is 11.7 Å². The molecule has 7 heteroatoms. The predicted octanol–water partition coefficient (Wildman–Crippen LogP) is 4.92. The molecular weight excluding hydrogens is 428 g/mol. The quantitative estimate of drug-likeness (QED) is 0.567. The molecule has 2 heterocycles. The van der Waals surface area contributed by atoms with E-state index in [1.165, 1.54) is 11.1 Å². The molecule has 2 aromatic carbocycles. The zero-order valence-electron chi connectivity index (χ0n) is 19.8. The van der Waals surface area contributed by atoms with E-state index in [2.05, 4.69) is 44.8 Å². The fourth-order valence-corrected chi connectivity index (χ4v) is 3.84. The van der Waals surface area contributed by atoms with Crippen LogP contribution in [0.1, 0.15) is 47.8 Å². The van der Waals surface area contributed by atoms with E-state index in [0.717, 1.165) is 30.9 Å². The van der Waals surface area contributed by atoms with Crippen LogP contribution in [0.15, 0.2) is 66.9 Å². The zero-order chi connectivity index (χ0) is 24.1. The van der Waals surface area contributed by atoms with Gasteiger partial charge in [0.05, 0.1) is 0 Å². The smallest absolute Gasteiger partial charge is 0.412 e. The lowest BCUT2D eigenvalue weighted by atomic mass is 10.00. The second kappa shape index (κ2) is 9.95. The highest BCUT2D eigenvalue weighted by Crippen LogP contribution is 2.23. The van der Waals surface area contributed by atoms with Crippen molar-refractivity contribution < 1.29 is 14.3 Å². The molecule has 1 aliphatic heterocycles. The van der Waals surface area contributed by atoms with E-state index >= 15 is 0 Å². The number of hydrogen-bond donors (Lipinski definition) is 2. The summed E-state index contributed by atoms with van der Waals surface area (Å²) in [6.45, 7) is 7.54. The normalized spacial score (nSPS) is 13.1. The van der Waals surface area contributed by atoms with E-state index in [9.17, 15) is 9.59 Å². The number of amides is 2. The molecule has 2 N–H and O–H groups in total. The van der Waals surface area contributed by atoms with Crippen LogP contribution in [0.2, 0.25) is 0 Å². The highest BCUT2D eigenvalue weighted by Gasteiger charge is 2.18. The lowest BCUT2D eigenvalue weighted by molar-refractivity contribution is 0.0635. The maximum atomic E-state index is 12.6. The Kier molecular flexibility index (Phi) is 6.82. The molecular formula is C27H30N4O3. The lowest BCUT2D eigenvalue weighted by Crippen LogP contribution is -2.31. The molecule has 0 radical (unpaired) electrons. The molecule has 1 aromatic heterocycles. The maximum absolute atomic E-state index is 12.6. The molecule has 0 fully saturated rings. The van der Waals surface area contributed by atoms with Crippen LogP contribution in [0.3, 0.4) is 0 Å². The van der Waals surface area contributed by atoms with Crippen LogP contribution in [0.4, 0.5) is 16.3 Å². The van der Waals surface area contributed by atoms with Gasteiger partial charge in [-0.2, -0.15) is 0 Å². The summed E-state index contributed by atoms with van der Waals surface area (Å²) in [5.41, 5.74) is 4.01. The summed E-state index contributed by atoms with van der Waals surface area (Å²) in [5, 5.41) is 5.56. The van der Waals surface area contributed by atoms with Crippen molar-refractivity contribution in [2.75, 3.05) is 16.8 Å². The number of hydrogen-bond acceptors (Lipinski definition) is 5. The largest absolute Gasteiger partial charge is 0.444 e. The number of rotatable bonds is 5. The summed E-state index contributed by atoms with van der Waals surface area (Å²) >= 11 is 0. The molecule has 4 rings (SSSR count). The van der Waals surface area contributed by atoms with Gasteiger partial charge < -0.3 is 15.0 Å². The van der Waals surface area contributed by atoms with Crippen LogP contribution in [-0.4, -0.2) is 29.1 Å². The fourth-order valence-electron chi connectivity index (χ4n) is 3.84. The van der Waals surface area contributed by atoms with Gasteiger partial charge in [0.2, 0.25) is 0 Å². The molecule has 0 aliphatic carbocycles. The summed E-state index contributed by atoms with van der Waals surface area (Å²) in [6, 6.07) is 19.3. The molecule has 0 unspecified atom stereocenters. The highest BCUT2D eigenvalue weighted by molar-refractivity contribution is 5.96. The first-order chi connectivity index (χ1) is 16.3. The second-order valence-corrected chi connectivity index (χ2v) is 9.36. The number of nitrogens with zero attached hydrogens (tertiary/aromatic N) is 2. The third kappa shape index (κ3) is 6.13. The van der Waals surface area contributed by atoms with E-state index in [1.807, 2.05) is 12.1 Å². The van der Waals surface area contributed by atoms with Gasteiger partial charge in [-0.05, 0) is 68.1 Å². The van der Waals surface area contributed by atoms with Gasteiger partial charge in [0, 0.05) is 37.1 Å². The lowest BCUT2D eigenvalue weighted by Gasteiger charge is -2.29. The molecule has 2 amide bonds. The Morgan fingerprint density at radius 2 is 1.82 bits per heavy atom. The van der Waals surface area contributed by atoms with Gasteiger partial charge in [-0.15, -0.1) is 0 Å². The number of fused-ring (bicyclic) bond motifs is 1.